The molecule has 10 heteroatoms. The molecule has 0 aliphatic carbocycles. The Morgan fingerprint density at radius 3 is 2.60 bits per heavy atom. The van der Waals surface area contributed by atoms with Gasteiger partial charge in [0.15, 0.2) is 5.82 Å². The minimum atomic E-state index is -4.34. The Balaban J connectivity index is 2.87. The zero-order chi connectivity index (χ0) is 15.3. The SMILES string of the molecule is CC(C)OC(=O)NS(=O)(=O)Nc1ncccc1C(=O)O. The second kappa shape index (κ2) is 6.19. The molecule has 20 heavy (non-hydrogen) atoms. The highest BCUT2D eigenvalue weighted by Crippen LogP contribution is 2.12. The number of aromatic nitrogens is 1. The van der Waals surface area contributed by atoms with E-state index in [-0.39, 0.29) is 5.56 Å². The summed E-state index contributed by atoms with van der Waals surface area (Å²) in [4.78, 5) is 25.7. The number of carbonyl (C=O) groups excluding carboxylic acids is 1. The summed E-state index contributed by atoms with van der Waals surface area (Å²) in [5, 5.41) is 8.88. The molecular formula is C10H13N3O6S. The maximum absolute atomic E-state index is 11.6. The molecule has 3 N–H and O–H groups in total. The normalized spacial score (nSPS) is 10.9. The third-order valence-corrected chi connectivity index (χ3v) is 2.73. The first-order chi connectivity index (χ1) is 9.21. The first kappa shape index (κ1) is 15.7. The summed E-state index contributed by atoms with van der Waals surface area (Å²) in [6.45, 7) is 3.09. The molecule has 0 saturated heterocycles. The standard InChI is InChI=1S/C10H13N3O6S/c1-6(2)19-10(16)13-20(17,18)12-8-7(9(14)15)4-3-5-11-8/h3-6H,1-2H3,(H,11,12)(H,13,16)(H,14,15). The number of rotatable bonds is 5. The molecule has 0 bridgehead atoms. The summed E-state index contributed by atoms with van der Waals surface area (Å²) in [5.41, 5.74) is -0.352. The van der Waals surface area contributed by atoms with E-state index in [2.05, 4.69) is 9.72 Å². The molecule has 1 rings (SSSR count). The Hall–Kier alpha value is -2.36. The Bertz CT molecular complexity index is 613. The number of carboxylic acids is 1. The molecule has 1 amide bonds. The fourth-order valence-corrected chi connectivity index (χ4v) is 1.90. The summed E-state index contributed by atoms with van der Waals surface area (Å²) in [7, 11) is -4.34. The third kappa shape index (κ3) is 4.72. The molecule has 0 unspecified atom stereocenters. The summed E-state index contributed by atoms with van der Waals surface area (Å²) < 4.78 is 31.2. The molecule has 1 heterocycles. The zero-order valence-corrected chi connectivity index (χ0v) is 11.5. The average Bonchev–Trinajstić information content (AvgIpc) is 2.26. The second-order valence-corrected chi connectivity index (χ2v) is 5.28. The van der Waals surface area contributed by atoms with Gasteiger partial charge in [-0.2, -0.15) is 8.42 Å². The quantitative estimate of drug-likeness (QED) is 0.723. The van der Waals surface area contributed by atoms with Crippen molar-refractivity contribution in [2.75, 3.05) is 4.72 Å². The van der Waals surface area contributed by atoms with Crippen LogP contribution >= 0.6 is 0 Å². The lowest BCUT2D eigenvalue weighted by Gasteiger charge is -2.11. The molecule has 0 saturated carbocycles. The van der Waals surface area contributed by atoms with Crippen molar-refractivity contribution in [1.82, 2.24) is 9.71 Å². The molecular weight excluding hydrogens is 290 g/mol. The summed E-state index contributed by atoms with van der Waals surface area (Å²) in [6.07, 6.45) is -0.480. The summed E-state index contributed by atoms with van der Waals surface area (Å²) in [5.74, 6) is -1.77. The first-order valence-electron chi connectivity index (χ1n) is 5.41. The van der Waals surface area contributed by atoms with Crippen LogP contribution in [-0.2, 0) is 14.9 Å². The van der Waals surface area contributed by atoms with Crippen molar-refractivity contribution in [1.29, 1.82) is 0 Å². The summed E-state index contributed by atoms with van der Waals surface area (Å²) >= 11 is 0. The topological polar surface area (TPSA) is 135 Å². The highest BCUT2D eigenvalue weighted by atomic mass is 32.2. The van der Waals surface area contributed by atoms with E-state index < -0.39 is 34.2 Å². The molecule has 1 aromatic rings. The van der Waals surface area contributed by atoms with Crippen molar-refractivity contribution in [2.24, 2.45) is 0 Å². The van der Waals surface area contributed by atoms with Crippen LogP contribution in [0.15, 0.2) is 18.3 Å². The number of nitrogens with one attached hydrogen (secondary N) is 2. The lowest BCUT2D eigenvalue weighted by molar-refractivity contribution is 0.0697. The molecule has 0 fully saturated rings. The second-order valence-electron chi connectivity index (χ2n) is 3.87. The fraction of sp³-hybridized carbons (Fsp3) is 0.300. The van der Waals surface area contributed by atoms with Gasteiger partial charge in [0.1, 0.15) is 5.56 Å². The molecule has 0 radical (unpaired) electrons. The van der Waals surface area contributed by atoms with E-state index >= 15 is 0 Å². The van der Waals surface area contributed by atoms with Crippen molar-refractivity contribution in [3.05, 3.63) is 23.9 Å². The number of pyridine rings is 1. The minimum Gasteiger partial charge on any atom is -0.478 e. The van der Waals surface area contributed by atoms with Crippen LogP contribution in [0.2, 0.25) is 0 Å². The zero-order valence-electron chi connectivity index (χ0n) is 10.7. The van der Waals surface area contributed by atoms with Gasteiger partial charge < -0.3 is 9.84 Å². The van der Waals surface area contributed by atoms with E-state index in [0.717, 1.165) is 0 Å². The lowest BCUT2D eigenvalue weighted by Crippen LogP contribution is -2.37. The van der Waals surface area contributed by atoms with Crippen molar-refractivity contribution in [3.8, 4) is 0 Å². The largest absolute Gasteiger partial charge is 0.478 e. The Morgan fingerprint density at radius 2 is 2.05 bits per heavy atom. The number of anilines is 1. The summed E-state index contributed by atoms with van der Waals surface area (Å²) in [6, 6.07) is 2.50. The van der Waals surface area contributed by atoms with Gasteiger partial charge in [0, 0.05) is 6.20 Å². The predicted octanol–water partition coefficient (Wildman–Crippen LogP) is 0.571. The number of hydrogen-bond acceptors (Lipinski definition) is 6. The molecule has 0 spiro atoms. The number of amides is 1. The van der Waals surface area contributed by atoms with Gasteiger partial charge in [-0.3, -0.25) is 0 Å². The van der Waals surface area contributed by atoms with E-state index in [0.29, 0.717) is 0 Å². The van der Waals surface area contributed by atoms with E-state index in [1.54, 1.807) is 18.6 Å². The van der Waals surface area contributed by atoms with Gasteiger partial charge in [0.05, 0.1) is 6.10 Å². The van der Waals surface area contributed by atoms with E-state index in [4.69, 9.17) is 5.11 Å². The van der Waals surface area contributed by atoms with Crippen LogP contribution in [0.3, 0.4) is 0 Å². The number of carboxylic acid groups (broad SMARTS) is 1. The van der Waals surface area contributed by atoms with Gasteiger partial charge in [0.2, 0.25) is 0 Å². The minimum absolute atomic E-state index is 0.352. The van der Waals surface area contributed by atoms with Crippen LogP contribution in [0.5, 0.6) is 0 Å². The number of hydrogen-bond donors (Lipinski definition) is 3. The highest BCUT2D eigenvalue weighted by molar-refractivity contribution is 7.91. The van der Waals surface area contributed by atoms with Crippen LogP contribution in [0, 0.1) is 0 Å². The first-order valence-corrected chi connectivity index (χ1v) is 6.89. The van der Waals surface area contributed by atoms with E-state index in [9.17, 15) is 18.0 Å². The highest BCUT2D eigenvalue weighted by Gasteiger charge is 2.20. The molecule has 0 aliphatic heterocycles. The van der Waals surface area contributed by atoms with Crippen molar-refractivity contribution < 1.29 is 27.9 Å². The van der Waals surface area contributed by atoms with Gasteiger partial charge in [0.25, 0.3) is 0 Å². The number of carbonyl (C=O) groups is 2. The van der Waals surface area contributed by atoms with Crippen molar-refractivity contribution in [3.63, 3.8) is 0 Å². The number of nitrogens with zero attached hydrogens (tertiary/aromatic N) is 1. The maximum Gasteiger partial charge on any atom is 0.422 e. The smallest absolute Gasteiger partial charge is 0.422 e. The number of ether oxygens (including phenoxy) is 1. The number of aromatic carboxylic acids is 1. The Kier molecular flexibility index (Phi) is 4.86. The van der Waals surface area contributed by atoms with Gasteiger partial charge in [-0.15, -0.1) is 0 Å². The maximum atomic E-state index is 11.6. The van der Waals surface area contributed by atoms with Crippen LogP contribution in [0.1, 0.15) is 24.2 Å². The van der Waals surface area contributed by atoms with E-state index in [1.165, 1.54) is 18.3 Å². The van der Waals surface area contributed by atoms with Crippen LogP contribution in [0.4, 0.5) is 10.6 Å². The van der Waals surface area contributed by atoms with Gasteiger partial charge in [-0.05, 0) is 26.0 Å². The average molecular weight is 303 g/mol. The predicted molar refractivity (Wildman–Crippen MR) is 68.5 cm³/mol. The van der Waals surface area contributed by atoms with Crippen molar-refractivity contribution >= 4 is 28.1 Å². The molecule has 110 valence electrons. The Morgan fingerprint density at radius 1 is 1.40 bits per heavy atom. The van der Waals surface area contributed by atoms with Crippen LogP contribution < -0.4 is 9.44 Å². The molecule has 0 aromatic carbocycles. The van der Waals surface area contributed by atoms with Gasteiger partial charge in [-0.25, -0.2) is 24.0 Å². The van der Waals surface area contributed by atoms with Gasteiger partial charge in [-0.1, -0.05) is 0 Å². The molecule has 9 nitrogen and oxygen atoms in total. The lowest BCUT2D eigenvalue weighted by atomic mass is 10.3. The monoisotopic (exact) mass is 303 g/mol. The Labute approximate surface area is 115 Å². The molecule has 1 aromatic heterocycles. The van der Waals surface area contributed by atoms with Crippen molar-refractivity contribution in [2.45, 2.75) is 20.0 Å². The molecule has 0 atom stereocenters. The van der Waals surface area contributed by atoms with Crippen LogP contribution in [0.25, 0.3) is 0 Å². The van der Waals surface area contributed by atoms with Gasteiger partial charge >= 0.3 is 22.3 Å². The van der Waals surface area contributed by atoms with Crippen LogP contribution in [-0.4, -0.2) is 36.7 Å². The third-order valence-electron chi connectivity index (χ3n) is 1.83. The fourth-order valence-electron chi connectivity index (χ4n) is 1.16. The van der Waals surface area contributed by atoms with E-state index in [1.807, 2.05) is 4.72 Å². The molecule has 0 aliphatic rings.